The summed E-state index contributed by atoms with van der Waals surface area (Å²) in [5.41, 5.74) is 2.51. The highest BCUT2D eigenvalue weighted by atomic mass is 19.1. The van der Waals surface area contributed by atoms with Crippen molar-refractivity contribution in [1.82, 2.24) is 15.1 Å². The zero-order valence-corrected chi connectivity index (χ0v) is 23.0. The Labute approximate surface area is 234 Å². The smallest absolute Gasteiger partial charge is 0.287 e. The van der Waals surface area contributed by atoms with Crippen LogP contribution in [0.4, 0.5) is 4.39 Å². The first-order valence-corrected chi connectivity index (χ1v) is 14.8. The molecule has 6 rings (SSSR count). The fourth-order valence-electron chi connectivity index (χ4n) is 6.55. The number of amides is 1. The molecule has 1 aromatic heterocycles. The Balaban J connectivity index is 0.991. The highest BCUT2D eigenvalue weighted by molar-refractivity contribution is 5.93. The van der Waals surface area contributed by atoms with Gasteiger partial charge in [-0.05, 0) is 93.4 Å². The van der Waals surface area contributed by atoms with Crippen LogP contribution in [0.3, 0.4) is 0 Å². The van der Waals surface area contributed by atoms with E-state index < -0.39 is 11.7 Å². The maximum absolute atomic E-state index is 13.6. The number of benzene rings is 2. The molecule has 7 nitrogen and oxygen atoms in total. The van der Waals surface area contributed by atoms with E-state index in [0.717, 1.165) is 70.2 Å². The minimum absolute atomic E-state index is 0.00107. The molecule has 0 saturated carbocycles. The van der Waals surface area contributed by atoms with E-state index in [1.165, 1.54) is 61.7 Å². The summed E-state index contributed by atoms with van der Waals surface area (Å²) in [5, 5.41) is 3.27. The van der Waals surface area contributed by atoms with E-state index in [1.54, 1.807) is 0 Å². The van der Waals surface area contributed by atoms with Crippen LogP contribution in [0.2, 0.25) is 0 Å². The second-order valence-corrected chi connectivity index (χ2v) is 11.4. The largest absolute Gasteiger partial charge is 0.494 e. The quantitative estimate of drug-likeness (QED) is 0.397. The summed E-state index contributed by atoms with van der Waals surface area (Å²) in [6.45, 7) is 6.12. The van der Waals surface area contributed by atoms with Gasteiger partial charge in [0.05, 0.1) is 12.0 Å². The fourth-order valence-corrected chi connectivity index (χ4v) is 6.55. The lowest BCUT2D eigenvalue weighted by Gasteiger charge is -2.36. The summed E-state index contributed by atoms with van der Waals surface area (Å²) < 4.78 is 25.3. The molecule has 2 saturated heterocycles. The van der Waals surface area contributed by atoms with Crippen molar-refractivity contribution in [3.05, 3.63) is 75.4 Å². The van der Waals surface area contributed by atoms with E-state index in [9.17, 15) is 14.0 Å². The van der Waals surface area contributed by atoms with E-state index in [4.69, 9.17) is 9.15 Å². The Hall–Kier alpha value is -3.23. The third-order valence-corrected chi connectivity index (χ3v) is 8.72. The highest BCUT2D eigenvalue weighted by Crippen LogP contribution is 2.38. The number of aryl methyl sites for hydroxylation is 1. The summed E-state index contributed by atoms with van der Waals surface area (Å²) >= 11 is 0. The molecule has 0 unspecified atom stereocenters. The van der Waals surface area contributed by atoms with Crippen LogP contribution < -0.4 is 15.5 Å². The fraction of sp³-hybridized carbons (Fsp3) is 0.500. The van der Waals surface area contributed by atoms with Crippen LogP contribution >= 0.6 is 0 Å². The molecule has 1 atom stereocenters. The third kappa shape index (κ3) is 6.08. The van der Waals surface area contributed by atoms with E-state index in [2.05, 4.69) is 33.3 Å². The molecule has 3 heterocycles. The predicted octanol–water partition coefficient (Wildman–Crippen LogP) is 5.07. The average Bonchev–Trinajstić information content (AvgIpc) is 3.39. The van der Waals surface area contributed by atoms with Crippen molar-refractivity contribution in [2.24, 2.45) is 0 Å². The van der Waals surface area contributed by atoms with E-state index in [-0.39, 0.29) is 28.2 Å². The molecule has 3 aliphatic rings. The van der Waals surface area contributed by atoms with Crippen molar-refractivity contribution in [2.75, 3.05) is 39.3 Å². The lowest BCUT2D eigenvalue weighted by molar-refractivity contribution is 0.0864. The van der Waals surface area contributed by atoms with Crippen molar-refractivity contribution >= 4 is 16.9 Å². The first-order valence-electron chi connectivity index (χ1n) is 14.8. The van der Waals surface area contributed by atoms with Gasteiger partial charge in [-0.2, -0.15) is 0 Å². The van der Waals surface area contributed by atoms with Gasteiger partial charge >= 0.3 is 0 Å². The van der Waals surface area contributed by atoms with Crippen LogP contribution in [0.1, 0.15) is 72.7 Å². The van der Waals surface area contributed by atoms with Gasteiger partial charge in [0.25, 0.3) is 5.91 Å². The molecule has 2 aliphatic heterocycles. The van der Waals surface area contributed by atoms with Crippen LogP contribution in [0, 0.1) is 5.82 Å². The molecule has 3 aromatic rings. The number of ether oxygens (including phenoxy) is 1. The van der Waals surface area contributed by atoms with Crippen molar-refractivity contribution in [1.29, 1.82) is 0 Å². The lowest BCUT2D eigenvalue weighted by atomic mass is 10.00. The number of hydrogen-bond acceptors (Lipinski definition) is 6. The zero-order chi connectivity index (χ0) is 27.5. The Kier molecular flexibility index (Phi) is 8.16. The second-order valence-electron chi connectivity index (χ2n) is 11.4. The molecule has 1 amide bonds. The number of piperidine rings is 2. The molecule has 0 radical (unpaired) electrons. The zero-order valence-electron chi connectivity index (χ0n) is 23.0. The molecule has 212 valence electrons. The summed E-state index contributed by atoms with van der Waals surface area (Å²) in [6, 6.07) is 11.9. The van der Waals surface area contributed by atoms with Crippen molar-refractivity contribution in [3.63, 3.8) is 0 Å². The summed E-state index contributed by atoms with van der Waals surface area (Å²) in [7, 11) is 0. The number of likely N-dealkylation sites (tertiary alicyclic amines) is 2. The first-order chi connectivity index (χ1) is 19.5. The SMILES string of the molecule is O=C(NC1CCN([C@H]2CCc3cc(OCCCN4CCCCC4)ccc32)CC1)c1cc(=O)c2ccc(F)cc2o1. The van der Waals surface area contributed by atoms with Crippen LogP contribution in [-0.4, -0.2) is 61.1 Å². The normalized spacial score (nSPS) is 20.5. The molecule has 40 heavy (non-hydrogen) atoms. The number of nitrogens with zero attached hydrogens (tertiary/aromatic N) is 2. The monoisotopic (exact) mass is 547 g/mol. The summed E-state index contributed by atoms with van der Waals surface area (Å²) in [5.74, 6) is -0.0558. The van der Waals surface area contributed by atoms with Gasteiger partial charge in [-0.3, -0.25) is 14.5 Å². The first kappa shape index (κ1) is 27.0. The minimum atomic E-state index is -0.513. The van der Waals surface area contributed by atoms with Gasteiger partial charge in [0.1, 0.15) is 17.1 Å². The Morgan fingerprint density at radius 3 is 2.65 bits per heavy atom. The average molecular weight is 548 g/mol. The molecule has 1 N–H and O–H groups in total. The number of rotatable bonds is 8. The summed E-state index contributed by atoms with van der Waals surface area (Å²) in [6.07, 6.45) is 8.89. The highest BCUT2D eigenvalue weighted by Gasteiger charge is 2.32. The topological polar surface area (TPSA) is 75.0 Å². The summed E-state index contributed by atoms with van der Waals surface area (Å²) in [4.78, 5) is 30.3. The van der Waals surface area contributed by atoms with Crippen LogP contribution in [0.25, 0.3) is 11.0 Å². The maximum Gasteiger partial charge on any atom is 0.287 e. The van der Waals surface area contributed by atoms with Gasteiger partial charge in [-0.25, -0.2) is 4.39 Å². The molecule has 1 aliphatic carbocycles. The Morgan fingerprint density at radius 2 is 1.82 bits per heavy atom. The van der Waals surface area contributed by atoms with E-state index in [1.807, 2.05) is 0 Å². The molecule has 2 aromatic carbocycles. The Morgan fingerprint density at radius 1 is 1.00 bits per heavy atom. The van der Waals surface area contributed by atoms with Crippen molar-refractivity contribution in [2.45, 2.75) is 63.5 Å². The van der Waals surface area contributed by atoms with Crippen molar-refractivity contribution < 1.29 is 18.3 Å². The van der Waals surface area contributed by atoms with Gasteiger partial charge < -0.3 is 19.4 Å². The van der Waals surface area contributed by atoms with Gasteiger partial charge in [-0.15, -0.1) is 0 Å². The minimum Gasteiger partial charge on any atom is -0.494 e. The second kappa shape index (κ2) is 12.1. The number of hydrogen-bond donors (Lipinski definition) is 1. The third-order valence-electron chi connectivity index (χ3n) is 8.72. The number of halogens is 1. The van der Waals surface area contributed by atoms with Crippen LogP contribution in [0.5, 0.6) is 5.75 Å². The number of fused-ring (bicyclic) bond motifs is 2. The number of carbonyl (C=O) groups excluding carboxylic acids is 1. The van der Waals surface area contributed by atoms with Gasteiger partial charge in [0.15, 0.2) is 11.2 Å². The van der Waals surface area contributed by atoms with Gasteiger partial charge in [0, 0.05) is 43.9 Å². The molecular formula is C32H38FN3O4. The van der Waals surface area contributed by atoms with E-state index in [0.29, 0.717) is 6.04 Å². The molecule has 8 heteroatoms. The molecule has 0 bridgehead atoms. The molecule has 0 spiro atoms. The van der Waals surface area contributed by atoms with E-state index >= 15 is 0 Å². The van der Waals surface area contributed by atoms with Crippen molar-refractivity contribution in [3.8, 4) is 5.75 Å². The van der Waals surface area contributed by atoms with Gasteiger partial charge in [-0.1, -0.05) is 12.5 Å². The molecular weight excluding hydrogens is 509 g/mol. The Bertz CT molecular complexity index is 1410. The molecule has 2 fully saturated rings. The maximum atomic E-state index is 13.6. The lowest BCUT2D eigenvalue weighted by Crippen LogP contribution is -2.45. The standard InChI is InChI=1S/C32H38FN3O4/c33-23-6-8-27-29(37)21-31(40-30(27)20-23)32(38)34-24-11-16-36(17-12-24)28-10-5-22-19-25(7-9-26(22)28)39-18-4-15-35-13-2-1-3-14-35/h6-9,19-21,24,28H,1-5,10-18H2,(H,34,38)/t28-/m0/s1. The number of nitrogens with one attached hydrogen (secondary N) is 1. The van der Waals surface area contributed by atoms with Crippen LogP contribution in [-0.2, 0) is 6.42 Å². The van der Waals surface area contributed by atoms with Gasteiger partial charge in [0.2, 0.25) is 0 Å². The predicted molar refractivity (Wildman–Crippen MR) is 152 cm³/mol. The number of carbonyl (C=O) groups is 1. The van der Waals surface area contributed by atoms with Crippen LogP contribution in [0.15, 0.2) is 51.7 Å².